The molecule has 0 radical (unpaired) electrons. The van der Waals surface area contributed by atoms with Crippen LogP contribution in [0, 0.1) is 20.8 Å². The van der Waals surface area contributed by atoms with Gasteiger partial charge in [-0.2, -0.15) is 5.10 Å². The van der Waals surface area contributed by atoms with Gasteiger partial charge in [-0.05, 0) is 50.6 Å². The summed E-state index contributed by atoms with van der Waals surface area (Å²) in [7, 11) is -2.21. The Bertz CT molecular complexity index is 1360. The first-order valence-electron chi connectivity index (χ1n) is 10.4. The minimum atomic E-state index is -3.79. The van der Waals surface area contributed by atoms with Gasteiger partial charge in [0.1, 0.15) is 10.6 Å². The van der Waals surface area contributed by atoms with Gasteiger partial charge in [0, 0.05) is 12.1 Å². The molecule has 0 aliphatic heterocycles. The van der Waals surface area contributed by atoms with Gasteiger partial charge >= 0.3 is 0 Å². The van der Waals surface area contributed by atoms with Crippen LogP contribution in [0.2, 0.25) is 0 Å². The molecule has 0 unspecified atom stereocenters. The van der Waals surface area contributed by atoms with Crippen molar-refractivity contribution in [2.45, 2.75) is 32.2 Å². The van der Waals surface area contributed by atoms with E-state index in [1.54, 1.807) is 39.2 Å². The monoisotopic (exact) mass is 463 g/mol. The lowest BCUT2D eigenvalue weighted by atomic mass is 10.1. The zero-order chi connectivity index (χ0) is 23.6. The molecule has 8 nitrogen and oxygen atoms in total. The fraction of sp³-hybridized carbons (Fsp3) is 0.208. The average molecular weight is 464 g/mol. The molecule has 4 rings (SSSR count). The summed E-state index contributed by atoms with van der Waals surface area (Å²) >= 11 is 0. The number of hydrogen-bond donors (Lipinski definition) is 1. The summed E-state index contributed by atoms with van der Waals surface area (Å²) < 4.78 is 35.4. The van der Waals surface area contributed by atoms with Crippen LogP contribution in [0.3, 0.4) is 0 Å². The molecular weight excluding hydrogens is 438 g/mol. The van der Waals surface area contributed by atoms with E-state index < -0.39 is 10.0 Å². The van der Waals surface area contributed by atoms with Crippen molar-refractivity contribution in [3.05, 3.63) is 83.2 Å². The van der Waals surface area contributed by atoms with Crippen LogP contribution in [0.1, 0.15) is 22.5 Å². The average Bonchev–Trinajstić information content (AvgIpc) is 3.13. The van der Waals surface area contributed by atoms with Crippen molar-refractivity contribution in [3.8, 4) is 22.8 Å². The molecule has 0 saturated carbocycles. The predicted molar refractivity (Wildman–Crippen MR) is 126 cm³/mol. The number of aryl methyl sites for hydroxylation is 2. The summed E-state index contributed by atoms with van der Waals surface area (Å²) in [6, 6.07) is 18.8. The lowest BCUT2D eigenvalue weighted by molar-refractivity contribution is 0.414. The summed E-state index contributed by atoms with van der Waals surface area (Å²) in [4.78, 5) is 0.139. The Labute approximate surface area is 193 Å². The van der Waals surface area contributed by atoms with Crippen molar-refractivity contribution in [2.24, 2.45) is 0 Å². The van der Waals surface area contributed by atoms with Gasteiger partial charge in [0.25, 0.3) is 0 Å². The number of benzene rings is 2. The molecule has 0 amide bonds. The van der Waals surface area contributed by atoms with Gasteiger partial charge in [-0.15, -0.1) is 10.2 Å². The second-order valence-corrected chi connectivity index (χ2v) is 9.43. The maximum absolute atomic E-state index is 13.1. The van der Waals surface area contributed by atoms with Crippen LogP contribution in [0.15, 0.2) is 65.6 Å². The predicted octanol–water partition coefficient (Wildman–Crippen LogP) is 3.74. The van der Waals surface area contributed by atoms with Gasteiger partial charge < -0.3 is 4.74 Å². The van der Waals surface area contributed by atoms with E-state index >= 15 is 0 Å². The van der Waals surface area contributed by atoms with Crippen molar-refractivity contribution >= 4 is 10.0 Å². The summed E-state index contributed by atoms with van der Waals surface area (Å²) in [6.07, 6.45) is 0. The molecule has 0 aliphatic rings. The third-order valence-electron chi connectivity index (χ3n) is 5.33. The second-order valence-electron chi connectivity index (χ2n) is 7.73. The standard InChI is InChI=1S/C24H25N5O3S/c1-16-5-9-20(10-6-16)22-13-14-23(27-26-22)29-18(3)24(17(2)28-29)33(30,31)25-15-19-7-11-21(32-4)12-8-19/h5-14,25H,15H2,1-4H3. The first kappa shape index (κ1) is 22.6. The molecule has 0 spiro atoms. The Morgan fingerprint density at radius 3 is 2.21 bits per heavy atom. The highest BCUT2D eigenvalue weighted by Gasteiger charge is 2.25. The normalized spacial score (nSPS) is 11.5. The third kappa shape index (κ3) is 4.79. The maximum Gasteiger partial charge on any atom is 0.244 e. The van der Waals surface area contributed by atoms with Crippen LogP contribution in [-0.4, -0.2) is 35.5 Å². The van der Waals surface area contributed by atoms with E-state index in [4.69, 9.17) is 4.74 Å². The van der Waals surface area contributed by atoms with Crippen LogP contribution in [0.5, 0.6) is 5.75 Å². The van der Waals surface area contributed by atoms with E-state index in [9.17, 15) is 8.42 Å². The van der Waals surface area contributed by atoms with Crippen LogP contribution in [0.4, 0.5) is 0 Å². The fourth-order valence-corrected chi connectivity index (χ4v) is 4.96. The quantitative estimate of drug-likeness (QED) is 0.448. The molecule has 33 heavy (non-hydrogen) atoms. The van der Waals surface area contributed by atoms with E-state index in [-0.39, 0.29) is 11.4 Å². The molecule has 4 aromatic rings. The van der Waals surface area contributed by atoms with Crippen molar-refractivity contribution < 1.29 is 13.2 Å². The van der Waals surface area contributed by atoms with Crippen molar-refractivity contribution in [3.63, 3.8) is 0 Å². The van der Waals surface area contributed by atoms with E-state index in [1.165, 1.54) is 10.2 Å². The van der Waals surface area contributed by atoms with Gasteiger partial charge in [0.05, 0.1) is 24.2 Å². The summed E-state index contributed by atoms with van der Waals surface area (Å²) in [6.45, 7) is 5.55. The summed E-state index contributed by atoms with van der Waals surface area (Å²) in [5.74, 6) is 1.16. The number of rotatable bonds is 7. The molecule has 0 bridgehead atoms. The molecule has 2 heterocycles. The van der Waals surface area contributed by atoms with Gasteiger partial charge in [-0.1, -0.05) is 42.0 Å². The minimum Gasteiger partial charge on any atom is -0.497 e. The molecule has 9 heteroatoms. The molecule has 2 aromatic heterocycles. The first-order chi connectivity index (χ1) is 15.8. The molecule has 2 aromatic carbocycles. The maximum atomic E-state index is 13.1. The molecular formula is C24H25N5O3S. The molecule has 1 N–H and O–H groups in total. The Morgan fingerprint density at radius 1 is 0.909 bits per heavy atom. The number of sulfonamides is 1. The zero-order valence-corrected chi connectivity index (χ0v) is 19.7. The van der Waals surface area contributed by atoms with Gasteiger partial charge in [0.2, 0.25) is 10.0 Å². The third-order valence-corrected chi connectivity index (χ3v) is 6.99. The number of aromatic nitrogens is 4. The molecule has 0 fully saturated rings. The smallest absolute Gasteiger partial charge is 0.244 e. The van der Waals surface area contributed by atoms with E-state index in [2.05, 4.69) is 20.0 Å². The SMILES string of the molecule is COc1ccc(CNS(=O)(=O)c2c(C)nn(-c3ccc(-c4ccc(C)cc4)nn3)c2C)cc1. The molecule has 0 aliphatic carbocycles. The zero-order valence-electron chi connectivity index (χ0n) is 18.9. The highest BCUT2D eigenvalue weighted by Crippen LogP contribution is 2.23. The largest absolute Gasteiger partial charge is 0.497 e. The second kappa shape index (κ2) is 9.13. The lowest BCUT2D eigenvalue weighted by Gasteiger charge is -2.09. The Kier molecular flexibility index (Phi) is 6.26. The number of methoxy groups -OCH3 is 1. The van der Waals surface area contributed by atoms with E-state index in [0.717, 1.165) is 16.8 Å². The van der Waals surface area contributed by atoms with E-state index in [0.29, 0.717) is 23.0 Å². The minimum absolute atomic E-state index is 0.139. The fourth-order valence-electron chi connectivity index (χ4n) is 3.55. The Balaban J connectivity index is 1.57. The number of ether oxygens (including phenoxy) is 1. The molecule has 0 atom stereocenters. The van der Waals surface area contributed by atoms with Gasteiger partial charge in [0.15, 0.2) is 5.82 Å². The topological polar surface area (TPSA) is 99.0 Å². The van der Waals surface area contributed by atoms with Crippen LogP contribution in [0.25, 0.3) is 17.1 Å². The van der Waals surface area contributed by atoms with Gasteiger partial charge in [-0.3, -0.25) is 0 Å². The lowest BCUT2D eigenvalue weighted by Crippen LogP contribution is -2.24. The number of hydrogen-bond acceptors (Lipinski definition) is 6. The van der Waals surface area contributed by atoms with E-state index in [1.807, 2.05) is 49.4 Å². The number of nitrogens with one attached hydrogen (secondary N) is 1. The molecule has 170 valence electrons. The van der Waals surface area contributed by atoms with Crippen molar-refractivity contribution in [1.82, 2.24) is 24.7 Å². The number of nitrogens with zero attached hydrogens (tertiary/aromatic N) is 4. The summed E-state index contributed by atoms with van der Waals surface area (Å²) in [5.41, 5.74) is 4.53. The molecule has 0 saturated heterocycles. The highest BCUT2D eigenvalue weighted by atomic mass is 32.2. The van der Waals surface area contributed by atoms with Crippen LogP contribution in [-0.2, 0) is 16.6 Å². The first-order valence-corrected chi connectivity index (χ1v) is 11.9. The Hall–Kier alpha value is -3.56. The van der Waals surface area contributed by atoms with Gasteiger partial charge in [-0.25, -0.2) is 17.8 Å². The van der Waals surface area contributed by atoms with Crippen LogP contribution >= 0.6 is 0 Å². The Morgan fingerprint density at radius 2 is 1.61 bits per heavy atom. The van der Waals surface area contributed by atoms with Crippen LogP contribution < -0.4 is 9.46 Å². The van der Waals surface area contributed by atoms with Crippen molar-refractivity contribution in [1.29, 1.82) is 0 Å². The summed E-state index contributed by atoms with van der Waals surface area (Å²) in [5, 5.41) is 13.0. The highest BCUT2D eigenvalue weighted by molar-refractivity contribution is 7.89. The van der Waals surface area contributed by atoms with Crippen molar-refractivity contribution in [2.75, 3.05) is 7.11 Å².